The SMILES string of the molecule is CC[C@@H](C)c1ccc(NC(=O)COC(=O)c2ccc(OC)c([N+](=O)[O-])c2)cc1. The molecule has 0 aliphatic carbocycles. The molecule has 8 nitrogen and oxygen atoms in total. The number of carbonyl (C=O) groups excluding carboxylic acids is 2. The van der Waals surface area contributed by atoms with Crippen molar-refractivity contribution in [3.05, 3.63) is 63.7 Å². The number of hydrogen-bond donors (Lipinski definition) is 1. The highest BCUT2D eigenvalue weighted by molar-refractivity contribution is 5.95. The van der Waals surface area contributed by atoms with E-state index in [1.54, 1.807) is 12.1 Å². The molecule has 2 aromatic carbocycles. The summed E-state index contributed by atoms with van der Waals surface area (Å²) in [6.45, 7) is 3.72. The van der Waals surface area contributed by atoms with E-state index in [-0.39, 0.29) is 17.0 Å². The Morgan fingerprint density at radius 2 is 1.86 bits per heavy atom. The zero-order valence-corrected chi connectivity index (χ0v) is 15.9. The molecule has 0 aliphatic rings. The van der Waals surface area contributed by atoms with Gasteiger partial charge in [-0.2, -0.15) is 0 Å². The van der Waals surface area contributed by atoms with Crippen LogP contribution >= 0.6 is 0 Å². The lowest BCUT2D eigenvalue weighted by Crippen LogP contribution is -2.21. The van der Waals surface area contributed by atoms with Gasteiger partial charge in [-0.25, -0.2) is 4.79 Å². The normalized spacial score (nSPS) is 11.4. The highest BCUT2D eigenvalue weighted by Crippen LogP contribution is 2.27. The lowest BCUT2D eigenvalue weighted by atomic mass is 9.99. The van der Waals surface area contributed by atoms with E-state index in [0.29, 0.717) is 11.6 Å². The highest BCUT2D eigenvalue weighted by Gasteiger charge is 2.19. The number of nitro groups is 1. The Balaban J connectivity index is 1.94. The molecule has 0 fully saturated rings. The van der Waals surface area contributed by atoms with E-state index in [1.807, 2.05) is 12.1 Å². The third kappa shape index (κ3) is 5.29. The van der Waals surface area contributed by atoms with Crippen LogP contribution in [0, 0.1) is 10.1 Å². The standard InChI is InChI=1S/C20H22N2O6/c1-4-13(2)14-5-8-16(9-6-14)21-19(23)12-28-20(24)15-7-10-18(27-3)17(11-15)22(25)26/h5-11,13H,4,12H2,1-3H3,(H,21,23)/t13-/m1/s1. The van der Waals surface area contributed by atoms with Crippen molar-refractivity contribution in [2.45, 2.75) is 26.2 Å². The van der Waals surface area contributed by atoms with Gasteiger partial charge in [0.1, 0.15) is 0 Å². The molecular weight excluding hydrogens is 364 g/mol. The Morgan fingerprint density at radius 1 is 1.18 bits per heavy atom. The molecule has 0 aromatic heterocycles. The lowest BCUT2D eigenvalue weighted by Gasteiger charge is -2.11. The van der Waals surface area contributed by atoms with Crippen LogP contribution in [0.4, 0.5) is 11.4 Å². The summed E-state index contributed by atoms with van der Waals surface area (Å²) in [4.78, 5) is 34.4. The zero-order chi connectivity index (χ0) is 20.7. The quantitative estimate of drug-likeness (QED) is 0.419. The van der Waals surface area contributed by atoms with E-state index in [9.17, 15) is 19.7 Å². The number of nitrogens with zero attached hydrogens (tertiary/aromatic N) is 1. The van der Waals surface area contributed by atoms with Crippen LogP contribution in [0.5, 0.6) is 5.75 Å². The number of esters is 1. The first-order valence-electron chi connectivity index (χ1n) is 8.75. The number of anilines is 1. The van der Waals surface area contributed by atoms with Gasteiger partial charge in [0.05, 0.1) is 17.6 Å². The second kappa shape index (κ2) is 9.50. The van der Waals surface area contributed by atoms with Crippen molar-refractivity contribution in [1.82, 2.24) is 0 Å². The molecule has 2 aromatic rings. The van der Waals surface area contributed by atoms with Gasteiger partial charge in [-0.1, -0.05) is 26.0 Å². The lowest BCUT2D eigenvalue weighted by molar-refractivity contribution is -0.385. The van der Waals surface area contributed by atoms with Crippen molar-refractivity contribution in [2.75, 3.05) is 19.0 Å². The van der Waals surface area contributed by atoms with Gasteiger partial charge in [0.15, 0.2) is 12.4 Å². The fraction of sp³-hybridized carbons (Fsp3) is 0.300. The van der Waals surface area contributed by atoms with Crippen molar-refractivity contribution in [2.24, 2.45) is 0 Å². The molecule has 0 bridgehead atoms. The van der Waals surface area contributed by atoms with E-state index in [2.05, 4.69) is 19.2 Å². The Morgan fingerprint density at radius 3 is 2.43 bits per heavy atom. The second-order valence-corrected chi connectivity index (χ2v) is 6.20. The summed E-state index contributed by atoms with van der Waals surface area (Å²) >= 11 is 0. The Kier molecular flexibility index (Phi) is 7.08. The van der Waals surface area contributed by atoms with Gasteiger partial charge in [-0.3, -0.25) is 14.9 Å². The van der Waals surface area contributed by atoms with Gasteiger partial charge >= 0.3 is 11.7 Å². The third-order valence-electron chi connectivity index (χ3n) is 4.32. The largest absolute Gasteiger partial charge is 0.490 e. The van der Waals surface area contributed by atoms with Crippen LogP contribution in [0.25, 0.3) is 0 Å². The fourth-order valence-electron chi connectivity index (χ4n) is 2.50. The van der Waals surface area contributed by atoms with Crippen LogP contribution in [-0.4, -0.2) is 30.5 Å². The van der Waals surface area contributed by atoms with Gasteiger partial charge in [0, 0.05) is 11.8 Å². The summed E-state index contributed by atoms with van der Waals surface area (Å²) in [5.41, 5.74) is 1.36. The molecule has 0 heterocycles. The number of methoxy groups -OCH3 is 1. The molecule has 0 saturated heterocycles. The van der Waals surface area contributed by atoms with E-state index in [1.165, 1.54) is 24.8 Å². The van der Waals surface area contributed by atoms with Crippen LogP contribution in [-0.2, 0) is 9.53 Å². The molecule has 1 atom stereocenters. The minimum atomic E-state index is -0.840. The maximum absolute atomic E-state index is 12.1. The summed E-state index contributed by atoms with van der Waals surface area (Å²) in [7, 11) is 1.29. The maximum Gasteiger partial charge on any atom is 0.338 e. The minimum Gasteiger partial charge on any atom is -0.490 e. The van der Waals surface area contributed by atoms with Crippen molar-refractivity contribution in [3.8, 4) is 5.75 Å². The number of ether oxygens (including phenoxy) is 2. The van der Waals surface area contributed by atoms with E-state index in [0.717, 1.165) is 12.5 Å². The summed E-state index contributed by atoms with van der Waals surface area (Å²) < 4.78 is 9.81. The van der Waals surface area contributed by atoms with Crippen molar-refractivity contribution >= 4 is 23.3 Å². The number of benzene rings is 2. The number of carbonyl (C=O) groups is 2. The Labute approximate surface area is 162 Å². The molecule has 0 aliphatic heterocycles. The average molecular weight is 386 g/mol. The molecule has 0 saturated carbocycles. The summed E-state index contributed by atoms with van der Waals surface area (Å²) in [5, 5.41) is 13.7. The average Bonchev–Trinajstić information content (AvgIpc) is 2.71. The molecule has 0 spiro atoms. The molecule has 0 unspecified atom stereocenters. The van der Waals surface area contributed by atoms with Gasteiger partial charge in [0.25, 0.3) is 5.91 Å². The molecule has 1 N–H and O–H groups in total. The van der Waals surface area contributed by atoms with Crippen LogP contribution in [0.3, 0.4) is 0 Å². The summed E-state index contributed by atoms with van der Waals surface area (Å²) in [6.07, 6.45) is 1.02. The summed E-state index contributed by atoms with van der Waals surface area (Å²) in [6, 6.07) is 11.1. The second-order valence-electron chi connectivity index (χ2n) is 6.20. The molecular formula is C20H22N2O6. The fourth-order valence-corrected chi connectivity index (χ4v) is 2.50. The number of nitro benzene ring substituents is 1. The first-order chi connectivity index (χ1) is 13.3. The monoisotopic (exact) mass is 386 g/mol. The zero-order valence-electron chi connectivity index (χ0n) is 15.9. The number of rotatable bonds is 8. The molecule has 28 heavy (non-hydrogen) atoms. The van der Waals surface area contributed by atoms with Crippen molar-refractivity contribution in [1.29, 1.82) is 0 Å². The van der Waals surface area contributed by atoms with Gasteiger partial charge in [-0.15, -0.1) is 0 Å². The van der Waals surface area contributed by atoms with Crippen LogP contribution in [0.15, 0.2) is 42.5 Å². The van der Waals surface area contributed by atoms with Gasteiger partial charge in [-0.05, 0) is 42.2 Å². The first-order valence-corrected chi connectivity index (χ1v) is 8.75. The number of hydrogen-bond acceptors (Lipinski definition) is 6. The minimum absolute atomic E-state index is 0.0279. The maximum atomic E-state index is 12.1. The van der Waals surface area contributed by atoms with Gasteiger partial charge < -0.3 is 14.8 Å². The molecule has 148 valence electrons. The van der Waals surface area contributed by atoms with E-state index >= 15 is 0 Å². The van der Waals surface area contributed by atoms with Crippen LogP contribution in [0.2, 0.25) is 0 Å². The molecule has 0 radical (unpaired) electrons. The third-order valence-corrected chi connectivity index (χ3v) is 4.32. The number of amides is 1. The molecule has 8 heteroatoms. The van der Waals surface area contributed by atoms with Crippen LogP contribution < -0.4 is 10.1 Å². The highest BCUT2D eigenvalue weighted by atomic mass is 16.6. The molecule has 2 rings (SSSR count). The first kappa shape index (κ1) is 20.9. The van der Waals surface area contributed by atoms with E-state index < -0.39 is 23.4 Å². The van der Waals surface area contributed by atoms with Crippen molar-refractivity contribution in [3.63, 3.8) is 0 Å². The molecule has 1 amide bonds. The summed E-state index contributed by atoms with van der Waals surface area (Å²) in [5.74, 6) is -0.889. The van der Waals surface area contributed by atoms with Crippen molar-refractivity contribution < 1.29 is 24.0 Å². The smallest absolute Gasteiger partial charge is 0.338 e. The predicted molar refractivity (Wildman–Crippen MR) is 104 cm³/mol. The topological polar surface area (TPSA) is 108 Å². The van der Waals surface area contributed by atoms with E-state index in [4.69, 9.17) is 9.47 Å². The van der Waals surface area contributed by atoms with Crippen LogP contribution in [0.1, 0.15) is 42.1 Å². The predicted octanol–water partition coefficient (Wildman–Crippen LogP) is 3.91. The van der Waals surface area contributed by atoms with Gasteiger partial charge in [0.2, 0.25) is 0 Å². The Hall–Kier alpha value is -3.42. The Bertz CT molecular complexity index is 863. The number of nitrogens with one attached hydrogen (secondary N) is 1.